The number of imidazole rings is 1. The molecule has 0 saturated heterocycles. The van der Waals surface area contributed by atoms with Crippen LogP contribution in [0.4, 0.5) is 10.2 Å². The highest BCUT2D eigenvalue weighted by Gasteiger charge is 2.38. The summed E-state index contributed by atoms with van der Waals surface area (Å²) in [5.41, 5.74) is 7.95. The van der Waals surface area contributed by atoms with E-state index in [0.29, 0.717) is 29.3 Å². The molecule has 176 valence electrons. The average molecular weight is 474 g/mol. The fourth-order valence-electron chi connectivity index (χ4n) is 4.00. The van der Waals surface area contributed by atoms with Crippen LogP contribution in [-0.2, 0) is 0 Å². The van der Waals surface area contributed by atoms with Gasteiger partial charge in [0.2, 0.25) is 0 Å². The maximum atomic E-state index is 15.2. The molecule has 3 aromatic rings. The van der Waals surface area contributed by atoms with Gasteiger partial charge in [0, 0.05) is 30.4 Å². The normalized spacial score (nSPS) is 15.6. The van der Waals surface area contributed by atoms with Crippen molar-refractivity contribution in [1.82, 2.24) is 19.7 Å². The number of anilines is 1. The van der Waals surface area contributed by atoms with Gasteiger partial charge >= 0.3 is 0 Å². The molecule has 0 radical (unpaired) electrons. The molecule has 1 aliphatic rings. The van der Waals surface area contributed by atoms with Crippen LogP contribution in [0.2, 0.25) is 5.02 Å². The molecule has 0 aliphatic heterocycles. The van der Waals surface area contributed by atoms with Crippen molar-refractivity contribution in [2.45, 2.75) is 59.5 Å². The summed E-state index contributed by atoms with van der Waals surface area (Å²) < 4.78 is 23.1. The van der Waals surface area contributed by atoms with Crippen LogP contribution in [0.1, 0.15) is 73.9 Å². The number of benzene rings is 1. The van der Waals surface area contributed by atoms with Crippen LogP contribution in [0, 0.1) is 18.2 Å². The Bertz CT molecular complexity index is 1240. The van der Waals surface area contributed by atoms with Crippen LogP contribution >= 0.6 is 11.6 Å². The highest BCUT2D eigenvalue weighted by Crippen LogP contribution is 2.44. The maximum absolute atomic E-state index is 15.2. The highest BCUT2D eigenvalue weighted by atomic mass is 35.5. The Kier molecular flexibility index (Phi) is 5.99. The largest absolute Gasteiger partial charge is 0.490 e. The number of fused-ring (bicyclic) bond motifs is 1. The summed E-state index contributed by atoms with van der Waals surface area (Å²) in [5, 5.41) is 2.72. The summed E-state index contributed by atoms with van der Waals surface area (Å²) in [6, 6.07) is 1.51. The first-order valence-electron chi connectivity index (χ1n) is 11.1. The molecule has 1 aliphatic carbocycles. The van der Waals surface area contributed by atoms with Crippen molar-refractivity contribution in [3.63, 3.8) is 0 Å². The Morgan fingerprint density at radius 2 is 2.09 bits per heavy atom. The van der Waals surface area contributed by atoms with Gasteiger partial charge in [-0.3, -0.25) is 9.20 Å². The van der Waals surface area contributed by atoms with Crippen molar-refractivity contribution >= 4 is 28.8 Å². The minimum absolute atomic E-state index is 0.0696. The second-order valence-corrected chi connectivity index (χ2v) is 9.84. The molecule has 1 amide bonds. The summed E-state index contributed by atoms with van der Waals surface area (Å²) in [6.07, 6.45) is 5.15. The lowest BCUT2D eigenvalue weighted by atomic mass is 9.95. The summed E-state index contributed by atoms with van der Waals surface area (Å²) in [7, 11) is 0. The first-order chi connectivity index (χ1) is 15.5. The van der Waals surface area contributed by atoms with Crippen molar-refractivity contribution in [3.05, 3.63) is 51.9 Å². The Morgan fingerprint density at radius 3 is 2.73 bits per heavy atom. The maximum Gasteiger partial charge on any atom is 0.258 e. The van der Waals surface area contributed by atoms with Crippen molar-refractivity contribution in [1.29, 1.82) is 0 Å². The van der Waals surface area contributed by atoms with Crippen LogP contribution in [0.3, 0.4) is 0 Å². The minimum atomic E-state index is -0.792. The zero-order valence-corrected chi connectivity index (χ0v) is 20.3. The lowest BCUT2D eigenvalue weighted by molar-refractivity contribution is 0.0935. The SMILES string of the molecule is Cc1nc(C(C)c2cc(Cl)c(F)c(C(=O)NCC3(C)CC3)c2OC(C)C)n2ccnc(N)c12. The van der Waals surface area contributed by atoms with Gasteiger partial charge in [0.1, 0.15) is 28.5 Å². The third kappa shape index (κ3) is 4.36. The molecular weight excluding hydrogens is 445 g/mol. The third-order valence-electron chi connectivity index (χ3n) is 6.20. The number of carbonyl (C=O) groups excluding carboxylic acids is 1. The lowest BCUT2D eigenvalue weighted by Crippen LogP contribution is -2.31. The predicted octanol–water partition coefficient (Wildman–Crippen LogP) is 4.88. The van der Waals surface area contributed by atoms with Crippen LogP contribution in [0.15, 0.2) is 18.5 Å². The van der Waals surface area contributed by atoms with E-state index in [4.69, 9.17) is 27.1 Å². The van der Waals surface area contributed by atoms with E-state index in [9.17, 15) is 4.79 Å². The minimum Gasteiger partial charge on any atom is -0.490 e. The number of nitrogens with one attached hydrogen (secondary N) is 1. The molecule has 33 heavy (non-hydrogen) atoms. The van der Waals surface area contributed by atoms with E-state index >= 15 is 4.39 Å². The second-order valence-electron chi connectivity index (χ2n) is 9.43. The number of carbonyl (C=O) groups is 1. The fraction of sp³-hybridized carbons (Fsp3) is 0.458. The van der Waals surface area contributed by atoms with E-state index in [1.165, 1.54) is 6.07 Å². The highest BCUT2D eigenvalue weighted by molar-refractivity contribution is 6.31. The van der Waals surface area contributed by atoms with Gasteiger partial charge in [-0.05, 0) is 45.1 Å². The van der Waals surface area contributed by atoms with Gasteiger partial charge in [-0.2, -0.15) is 0 Å². The standard InChI is InChI=1S/C24H29ClFN5O2/c1-12(2)33-20-15(13(3)22-30-14(4)19-21(27)28-8-9-31(19)22)10-16(25)18(26)17(20)23(32)29-11-24(5)6-7-24/h8-10,12-13H,6-7,11H2,1-5H3,(H2,27,28)(H,29,32). The van der Waals surface area contributed by atoms with Gasteiger partial charge in [-0.25, -0.2) is 14.4 Å². The number of hydrogen-bond acceptors (Lipinski definition) is 5. The first-order valence-corrected chi connectivity index (χ1v) is 11.5. The quantitative estimate of drug-likeness (QED) is 0.510. The molecule has 4 rings (SSSR count). The van der Waals surface area contributed by atoms with E-state index in [-0.39, 0.29) is 33.8 Å². The molecule has 1 unspecified atom stereocenters. The molecule has 1 atom stereocenters. The molecule has 1 aromatic carbocycles. The predicted molar refractivity (Wildman–Crippen MR) is 127 cm³/mol. The summed E-state index contributed by atoms with van der Waals surface area (Å²) in [5.74, 6) is -0.513. The lowest BCUT2D eigenvalue weighted by Gasteiger charge is -2.23. The summed E-state index contributed by atoms with van der Waals surface area (Å²) >= 11 is 6.29. The number of hydrogen-bond donors (Lipinski definition) is 2. The van der Waals surface area contributed by atoms with Crippen LogP contribution in [0.5, 0.6) is 5.75 Å². The van der Waals surface area contributed by atoms with E-state index in [1.807, 2.05) is 32.1 Å². The van der Waals surface area contributed by atoms with E-state index < -0.39 is 11.7 Å². The summed E-state index contributed by atoms with van der Waals surface area (Å²) in [4.78, 5) is 22.0. The number of nitrogens with zero attached hydrogens (tertiary/aromatic N) is 3. The van der Waals surface area contributed by atoms with Crippen molar-refractivity contribution in [3.8, 4) is 5.75 Å². The Hall–Kier alpha value is -2.87. The second kappa shape index (κ2) is 8.48. The monoisotopic (exact) mass is 473 g/mol. The Morgan fingerprint density at radius 1 is 1.39 bits per heavy atom. The van der Waals surface area contributed by atoms with Gasteiger partial charge in [-0.1, -0.05) is 25.4 Å². The molecular formula is C24H29ClFN5O2. The molecule has 7 nitrogen and oxygen atoms in total. The molecule has 3 N–H and O–H groups in total. The molecule has 1 fully saturated rings. The third-order valence-corrected chi connectivity index (χ3v) is 6.47. The zero-order valence-electron chi connectivity index (χ0n) is 19.5. The molecule has 2 aromatic heterocycles. The van der Waals surface area contributed by atoms with E-state index in [0.717, 1.165) is 18.5 Å². The van der Waals surface area contributed by atoms with Gasteiger partial charge in [0.15, 0.2) is 5.82 Å². The van der Waals surface area contributed by atoms with E-state index in [1.54, 1.807) is 12.4 Å². The number of halogens is 2. The zero-order chi connectivity index (χ0) is 24.1. The topological polar surface area (TPSA) is 94.5 Å². The number of aryl methyl sites for hydroxylation is 1. The number of amides is 1. The Labute approximate surface area is 197 Å². The van der Waals surface area contributed by atoms with Gasteiger partial charge in [-0.15, -0.1) is 0 Å². The number of nitrogens with two attached hydrogens (primary N) is 1. The van der Waals surface area contributed by atoms with Crippen molar-refractivity contribution in [2.75, 3.05) is 12.3 Å². The van der Waals surface area contributed by atoms with Crippen LogP contribution < -0.4 is 15.8 Å². The van der Waals surface area contributed by atoms with Crippen LogP contribution in [-0.4, -0.2) is 32.9 Å². The molecule has 2 heterocycles. The number of rotatable bonds is 7. The first kappa shape index (κ1) is 23.3. The van der Waals surface area contributed by atoms with Crippen LogP contribution in [0.25, 0.3) is 5.52 Å². The number of aromatic nitrogens is 3. The smallest absolute Gasteiger partial charge is 0.258 e. The average Bonchev–Trinajstić information content (AvgIpc) is 3.39. The van der Waals surface area contributed by atoms with Gasteiger partial charge < -0.3 is 15.8 Å². The number of ether oxygens (including phenoxy) is 1. The molecule has 1 saturated carbocycles. The van der Waals surface area contributed by atoms with E-state index in [2.05, 4.69) is 17.2 Å². The van der Waals surface area contributed by atoms with Gasteiger partial charge in [0.05, 0.1) is 16.8 Å². The molecule has 9 heteroatoms. The van der Waals surface area contributed by atoms with Gasteiger partial charge in [0.25, 0.3) is 5.91 Å². The fourth-order valence-corrected chi connectivity index (χ4v) is 4.21. The van der Waals surface area contributed by atoms with Crippen molar-refractivity contribution in [2.24, 2.45) is 5.41 Å². The Balaban J connectivity index is 1.85. The van der Waals surface area contributed by atoms with Crippen molar-refractivity contribution < 1.29 is 13.9 Å². The molecule has 0 bridgehead atoms. The molecule has 0 spiro atoms. The number of nitrogen functional groups attached to an aromatic ring is 1. The summed E-state index contributed by atoms with van der Waals surface area (Å²) in [6.45, 7) is 9.98.